The van der Waals surface area contributed by atoms with E-state index in [2.05, 4.69) is 87.2 Å². The highest BCUT2D eigenvalue weighted by Crippen LogP contribution is 2.13. The molecule has 0 fully saturated rings. The number of benzene rings is 1. The van der Waals surface area contributed by atoms with Crippen molar-refractivity contribution in [3.05, 3.63) is 101 Å². The molecule has 0 heteroatoms. The van der Waals surface area contributed by atoms with Crippen LogP contribution in [0.1, 0.15) is 23.1 Å². The van der Waals surface area contributed by atoms with Crippen molar-refractivity contribution in [3.63, 3.8) is 0 Å². The van der Waals surface area contributed by atoms with E-state index < -0.39 is 0 Å². The highest BCUT2D eigenvalue weighted by Gasteiger charge is 1.93. The summed E-state index contributed by atoms with van der Waals surface area (Å²) in [5, 5.41) is 0. The first-order chi connectivity index (χ1) is 10.1. The Morgan fingerprint density at radius 3 is 2.67 bits per heavy atom. The predicted octanol–water partition coefficient (Wildman–Crippen LogP) is 5.87. The number of hydrogen-bond donors (Lipinski definition) is 0. The first-order valence-electron chi connectivity index (χ1n) is 7.31. The van der Waals surface area contributed by atoms with Crippen LogP contribution >= 0.6 is 0 Å². The molecule has 0 spiro atoms. The quantitative estimate of drug-likeness (QED) is 0.602. The van der Waals surface area contributed by atoms with Crippen molar-refractivity contribution >= 4 is 6.08 Å². The Labute approximate surface area is 128 Å². The molecule has 2 rings (SSSR count). The number of rotatable bonds is 4. The van der Waals surface area contributed by atoms with Gasteiger partial charge in [-0.15, -0.1) is 0 Å². The molecule has 0 bridgehead atoms. The third-order valence-electron chi connectivity index (χ3n) is 3.52. The topological polar surface area (TPSA) is 0 Å². The molecule has 0 unspecified atom stereocenters. The van der Waals surface area contributed by atoms with E-state index in [4.69, 9.17) is 0 Å². The lowest BCUT2D eigenvalue weighted by atomic mass is 10.1. The molecular weight excluding hydrogens is 252 g/mol. The molecule has 0 heterocycles. The van der Waals surface area contributed by atoms with Gasteiger partial charge in [0.1, 0.15) is 0 Å². The van der Waals surface area contributed by atoms with Crippen molar-refractivity contribution in [2.45, 2.75) is 20.3 Å². The molecular formula is C21H22. The third-order valence-corrected chi connectivity index (χ3v) is 3.52. The van der Waals surface area contributed by atoms with Gasteiger partial charge in [-0.05, 0) is 48.1 Å². The minimum atomic E-state index is 0.996. The van der Waals surface area contributed by atoms with E-state index in [1.54, 1.807) is 0 Å². The lowest BCUT2D eigenvalue weighted by Gasteiger charge is -2.00. The van der Waals surface area contributed by atoms with Crippen LogP contribution in [0.3, 0.4) is 0 Å². The smallest absolute Gasteiger partial charge is 0.0163 e. The Kier molecular flexibility index (Phi) is 5.34. The third kappa shape index (κ3) is 4.92. The molecule has 0 radical (unpaired) electrons. The maximum Gasteiger partial charge on any atom is -0.0163 e. The van der Waals surface area contributed by atoms with Crippen LogP contribution in [0.4, 0.5) is 0 Å². The molecule has 0 aliphatic heterocycles. The summed E-state index contributed by atoms with van der Waals surface area (Å²) in [5.74, 6) is 0. The van der Waals surface area contributed by atoms with E-state index in [-0.39, 0.29) is 0 Å². The summed E-state index contributed by atoms with van der Waals surface area (Å²) >= 11 is 0. The lowest BCUT2D eigenvalue weighted by Crippen LogP contribution is -1.81. The van der Waals surface area contributed by atoms with Crippen LogP contribution in [0.2, 0.25) is 0 Å². The van der Waals surface area contributed by atoms with Crippen LogP contribution in [0.25, 0.3) is 6.08 Å². The largest absolute Gasteiger partial charge is 0.0918 e. The molecule has 106 valence electrons. The van der Waals surface area contributed by atoms with Crippen LogP contribution < -0.4 is 0 Å². The summed E-state index contributed by atoms with van der Waals surface area (Å²) in [6, 6.07) is 6.49. The van der Waals surface area contributed by atoms with Crippen molar-refractivity contribution in [3.8, 4) is 0 Å². The highest BCUT2D eigenvalue weighted by atomic mass is 14.0. The van der Waals surface area contributed by atoms with Crippen molar-refractivity contribution in [1.82, 2.24) is 0 Å². The zero-order valence-corrected chi connectivity index (χ0v) is 12.8. The molecule has 0 amide bonds. The first kappa shape index (κ1) is 15.1. The zero-order valence-electron chi connectivity index (χ0n) is 12.8. The molecule has 0 atom stereocenters. The van der Waals surface area contributed by atoms with E-state index >= 15 is 0 Å². The van der Waals surface area contributed by atoms with Gasteiger partial charge in [-0.3, -0.25) is 0 Å². The molecule has 0 nitrogen and oxygen atoms in total. The predicted molar refractivity (Wildman–Crippen MR) is 94.2 cm³/mol. The molecule has 1 aromatic carbocycles. The van der Waals surface area contributed by atoms with Crippen LogP contribution in [0.5, 0.6) is 0 Å². The Hall–Kier alpha value is -2.34. The number of allylic oxidation sites excluding steroid dienone is 10. The minimum Gasteiger partial charge on any atom is -0.0918 e. The van der Waals surface area contributed by atoms with Gasteiger partial charge >= 0.3 is 0 Å². The Morgan fingerprint density at radius 2 is 1.86 bits per heavy atom. The highest BCUT2D eigenvalue weighted by molar-refractivity contribution is 5.56. The Morgan fingerprint density at radius 1 is 1.05 bits per heavy atom. The summed E-state index contributed by atoms with van der Waals surface area (Å²) in [6.45, 7) is 8.35. The van der Waals surface area contributed by atoms with Gasteiger partial charge < -0.3 is 0 Å². The normalized spacial score (nSPS) is 14.7. The monoisotopic (exact) mass is 274 g/mol. The molecule has 1 aliphatic carbocycles. The van der Waals surface area contributed by atoms with Crippen molar-refractivity contribution in [2.24, 2.45) is 0 Å². The van der Waals surface area contributed by atoms with Gasteiger partial charge in [0.05, 0.1) is 0 Å². The van der Waals surface area contributed by atoms with Gasteiger partial charge in [0.25, 0.3) is 0 Å². The first-order valence-corrected chi connectivity index (χ1v) is 7.31. The van der Waals surface area contributed by atoms with Gasteiger partial charge in [0, 0.05) is 0 Å². The SMILES string of the molecule is C=C(/C=C/C1=CC=CCC=C1)/C=C/c1ccc(C)c(C)c1. The summed E-state index contributed by atoms with van der Waals surface area (Å²) in [7, 11) is 0. The fraction of sp³-hybridized carbons (Fsp3) is 0.143. The van der Waals surface area contributed by atoms with Crippen molar-refractivity contribution < 1.29 is 0 Å². The van der Waals surface area contributed by atoms with E-state index in [1.807, 2.05) is 6.08 Å². The number of hydrogen-bond acceptors (Lipinski definition) is 0. The molecule has 1 aliphatic rings. The van der Waals surface area contributed by atoms with Crippen molar-refractivity contribution in [2.75, 3.05) is 0 Å². The second kappa shape index (κ2) is 7.44. The maximum absolute atomic E-state index is 4.07. The lowest BCUT2D eigenvalue weighted by molar-refractivity contribution is 1.33. The summed E-state index contributed by atoms with van der Waals surface area (Å²) in [6.07, 6.45) is 19.9. The van der Waals surface area contributed by atoms with Crippen molar-refractivity contribution in [1.29, 1.82) is 0 Å². The molecule has 0 N–H and O–H groups in total. The summed E-state index contributed by atoms with van der Waals surface area (Å²) in [4.78, 5) is 0. The average molecular weight is 274 g/mol. The fourth-order valence-corrected chi connectivity index (χ4v) is 2.04. The van der Waals surface area contributed by atoms with Crippen LogP contribution in [0.15, 0.2) is 84.5 Å². The zero-order chi connectivity index (χ0) is 15.1. The van der Waals surface area contributed by atoms with Gasteiger partial charge in [0.15, 0.2) is 0 Å². The summed E-state index contributed by atoms with van der Waals surface area (Å²) < 4.78 is 0. The molecule has 0 saturated carbocycles. The van der Waals surface area contributed by atoms with Gasteiger partial charge in [-0.1, -0.05) is 79.5 Å². The van der Waals surface area contributed by atoms with E-state index in [1.165, 1.54) is 22.3 Å². The average Bonchev–Trinajstić information content (AvgIpc) is 2.75. The van der Waals surface area contributed by atoms with Crippen LogP contribution in [-0.4, -0.2) is 0 Å². The maximum atomic E-state index is 4.07. The van der Waals surface area contributed by atoms with Gasteiger partial charge in [0.2, 0.25) is 0 Å². The van der Waals surface area contributed by atoms with E-state index in [0.29, 0.717) is 0 Å². The Balaban J connectivity index is 2.00. The van der Waals surface area contributed by atoms with Crippen LogP contribution in [0, 0.1) is 13.8 Å². The standard InChI is InChI=1S/C21H22/c1-17(10-13-20-8-6-4-5-7-9-20)11-14-21-15-12-18(2)19(3)16-21/h4,6-16H,1,5H2,2-3H3/b13-10+,14-11+. The van der Waals surface area contributed by atoms with E-state index in [9.17, 15) is 0 Å². The van der Waals surface area contributed by atoms with Gasteiger partial charge in [-0.25, -0.2) is 0 Å². The molecule has 1 aromatic rings. The van der Waals surface area contributed by atoms with E-state index in [0.717, 1.165) is 12.0 Å². The molecule has 21 heavy (non-hydrogen) atoms. The second-order valence-electron chi connectivity index (χ2n) is 5.32. The van der Waals surface area contributed by atoms with Crippen LogP contribution in [-0.2, 0) is 0 Å². The Bertz CT molecular complexity index is 661. The number of aryl methyl sites for hydroxylation is 2. The second-order valence-corrected chi connectivity index (χ2v) is 5.32. The molecule has 0 saturated heterocycles. The minimum absolute atomic E-state index is 0.996. The molecule has 0 aromatic heterocycles. The fourth-order valence-electron chi connectivity index (χ4n) is 2.04. The summed E-state index contributed by atoms with van der Waals surface area (Å²) in [5.41, 5.74) is 6.05. The van der Waals surface area contributed by atoms with Gasteiger partial charge in [-0.2, -0.15) is 0 Å².